The van der Waals surface area contributed by atoms with E-state index in [9.17, 15) is 4.79 Å². The second kappa shape index (κ2) is 9.08. The highest BCUT2D eigenvalue weighted by molar-refractivity contribution is 5.91. The van der Waals surface area contributed by atoms with Gasteiger partial charge in [0.1, 0.15) is 11.9 Å². The second-order valence-corrected chi connectivity index (χ2v) is 5.61. The van der Waals surface area contributed by atoms with Gasteiger partial charge in [-0.05, 0) is 24.3 Å². The standard InChI is InChI=1S/C16H22N2O4.ClH/c19-16(9-13-10-21-8-6-17-13)18-12-1-3-14(4-2-12)22-15-5-7-20-11-15;/h1-4,13,15,17H,5-11H2,(H,18,19);1H. The van der Waals surface area contributed by atoms with Gasteiger partial charge in [-0.1, -0.05) is 0 Å². The van der Waals surface area contributed by atoms with Crippen LogP contribution in [0.1, 0.15) is 12.8 Å². The topological polar surface area (TPSA) is 68.8 Å². The molecule has 0 aliphatic carbocycles. The van der Waals surface area contributed by atoms with Crippen LogP contribution in [0.3, 0.4) is 0 Å². The van der Waals surface area contributed by atoms with Crippen molar-refractivity contribution in [1.29, 1.82) is 0 Å². The molecule has 2 saturated heterocycles. The van der Waals surface area contributed by atoms with E-state index in [1.54, 1.807) is 0 Å². The van der Waals surface area contributed by atoms with Crippen LogP contribution in [0.2, 0.25) is 0 Å². The molecule has 2 aliphatic heterocycles. The van der Waals surface area contributed by atoms with E-state index in [4.69, 9.17) is 14.2 Å². The van der Waals surface area contributed by atoms with E-state index in [1.165, 1.54) is 0 Å². The summed E-state index contributed by atoms with van der Waals surface area (Å²) in [4.78, 5) is 12.0. The third-order valence-electron chi connectivity index (χ3n) is 3.76. The highest BCUT2D eigenvalue weighted by atomic mass is 35.5. The zero-order valence-electron chi connectivity index (χ0n) is 13.0. The molecule has 0 bridgehead atoms. The van der Waals surface area contributed by atoms with Gasteiger partial charge in [0.2, 0.25) is 5.91 Å². The highest BCUT2D eigenvalue weighted by Crippen LogP contribution is 2.19. The van der Waals surface area contributed by atoms with E-state index in [0.29, 0.717) is 26.2 Å². The number of anilines is 1. The maximum absolute atomic E-state index is 12.0. The molecule has 0 aromatic heterocycles. The molecule has 0 radical (unpaired) electrons. The highest BCUT2D eigenvalue weighted by Gasteiger charge is 2.18. The monoisotopic (exact) mass is 342 g/mol. The van der Waals surface area contributed by atoms with Crippen LogP contribution in [0.25, 0.3) is 0 Å². The predicted molar refractivity (Wildman–Crippen MR) is 89.4 cm³/mol. The fourth-order valence-electron chi connectivity index (χ4n) is 2.60. The number of benzene rings is 1. The molecule has 2 fully saturated rings. The van der Waals surface area contributed by atoms with Gasteiger partial charge >= 0.3 is 0 Å². The molecule has 2 aliphatic rings. The van der Waals surface area contributed by atoms with Crippen LogP contribution in [-0.4, -0.2) is 51.0 Å². The third-order valence-corrected chi connectivity index (χ3v) is 3.76. The Bertz CT molecular complexity index is 485. The van der Waals surface area contributed by atoms with E-state index < -0.39 is 0 Å². The third kappa shape index (κ3) is 5.66. The largest absolute Gasteiger partial charge is 0.488 e. The zero-order chi connectivity index (χ0) is 15.2. The van der Waals surface area contributed by atoms with Crippen molar-refractivity contribution < 1.29 is 19.0 Å². The van der Waals surface area contributed by atoms with Crippen LogP contribution in [0.5, 0.6) is 5.75 Å². The van der Waals surface area contributed by atoms with Crippen molar-refractivity contribution in [3.05, 3.63) is 24.3 Å². The molecule has 1 aromatic rings. The Hall–Kier alpha value is -1.34. The summed E-state index contributed by atoms with van der Waals surface area (Å²) >= 11 is 0. The SMILES string of the molecule is Cl.O=C(CC1COCCN1)Nc1ccc(OC2CCOC2)cc1. The number of carbonyl (C=O) groups is 1. The number of amides is 1. The van der Waals surface area contributed by atoms with Gasteiger partial charge < -0.3 is 24.8 Å². The molecule has 0 spiro atoms. The van der Waals surface area contributed by atoms with Gasteiger partial charge in [-0.2, -0.15) is 0 Å². The number of morpholine rings is 1. The fourth-order valence-corrected chi connectivity index (χ4v) is 2.60. The maximum atomic E-state index is 12.0. The molecule has 128 valence electrons. The molecular formula is C16H23ClN2O4. The normalized spacial score (nSPS) is 23.8. The molecule has 1 amide bonds. The first kappa shape index (κ1) is 18.0. The van der Waals surface area contributed by atoms with Crippen molar-refractivity contribution >= 4 is 24.0 Å². The Morgan fingerprint density at radius 1 is 1.22 bits per heavy atom. The summed E-state index contributed by atoms with van der Waals surface area (Å²) in [5.74, 6) is 0.789. The zero-order valence-corrected chi connectivity index (χ0v) is 13.8. The van der Waals surface area contributed by atoms with Gasteiger partial charge in [0.25, 0.3) is 0 Å². The van der Waals surface area contributed by atoms with Gasteiger partial charge in [-0.25, -0.2) is 0 Å². The van der Waals surface area contributed by atoms with Crippen molar-refractivity contribution in [1.82, 2.24) is 5.32 Å². The van der Waals surface area contributed by atoms with Gasteiger partial charge in [0.15, 0.2) is 0 Å². The summed E-state index contributed by atoms with van der Waals surface area (Å²) in [5.41, 5.74) is 0.775. The summed E-state index contributed by atoms with van der Waals surface area (Å²) in [6.45, 7) is 3.51. The lowest BCUT2D eigenvalue weighted by Crippen LogP contribution is -2.43. The molecule has 23 heavy (non-hydrogen) atoms. The first-order valence-corrected chi connectivity index (χ1v) is 7.75. The van der Waals surface area contributed by atoms with Crippen molar-refractivity contribution in [2.45, 2.75) is 25.0 Å². The average Bonchev–Trinajstić information content (AvgIpc) is 3.03. The minimum Gasteiger partial charge on any atom is -0.488 e. The van der Waals surface area contributed by atoms with Crippen LogP contribution in [0.4, 0.5) is 5.69 Å². The van der Waals surface area contributed by atoms with Crippen LogP contribution >= 0.6 is 12.4 Å². The molecule has 2 N–H and O–H groups in total. The first-order chi connectivity index (χ1) is 10.8. The Morgan fingerprint density at radius 3 is 2.65 bits per heavy atom. The van der Waals surface area contributed by atoms with Gasteiger partial charge in [0.05, 0.1) is 26.4 Å². The Kier molecular flexibility index (Phi) is 7.11. The summed E-state index contributed by atoms with van der Waals surface area (Å²) < 4.78 is 16.4. The van der Waals surface area contributed by atoms with E-state index in [2.05, 4.69) is 10.6 Å². The lowest BCUT2D eigenvalue weighted by Gasteiger charge is -2.23. The number of rotatable bonds is 5. The van der Waals surface area contributed by atoms with E-state index in [1.807, 2.05) is 24.3 Å². The smallest absolute Gasteiger partial charge is 0.226 e. The molecule has 7 heteroatoms. The van der Waals surface area contributed by atoms with Crippen LogP contribution in [0.15, 0.2) is 24.3 Å². The van der Waals surface area contributed by atoms with Gasteiger partial charge in [-0.3, -0.25) is 4.79 Å². The molecule has 3 rings (SSSR count). The van der Waals surface area contributed by atoms with Crippen molar-refractivity contribution in [2.75, 3.05) is 38.3 Å². The summed E-state index contributed by atoms with van der Waals surface area (Å²) in [6, 6.07) is 7.55. The Balaban J connectivity index is 0.00000192. The minimum atomic E-state index is -0.0131. The molecule has 1 aromatic carbocycles. The number of nitrogens with one attached hydrogen (secondary N) is 2. The molecule has 6 nitrogen and oxygen atoms in total. The molecule has 2 unspecified atom stereocenters. The summed E-state index contributed by atoms with van der Waals surface area (Å²) in [5, 5.41) is 6.16. The lowest BCUT2D eigenvalue weighted by molar-refractivity contribution is -0.117. The predicted octanol–water partition coefficient (Wildman–Crippen LogP) is 1.59. The number of halogens is 1. The van der Waals surface area contributed by atoms with Crippen LogP contribution < -0.4 is 15.4 Å². The fraction of sp³-hybridized carbons (Fsp3) is 0.562. The molecule has 2 atom stereocenters. The van der Waals surface area contributed by atoms with Crippen molar-refractivity contribution in [2.24, 2.45) is 0 Å². The number of hydrogen-bond donors (Lipinski definition) is 2. The minimum absolute atomic E-state index is 0. The van der Waals surface area contributed by atoms with Gasteiger partial charge in [0, 0.05) is 31.1 Å². The average molecular weight is 343 g/mol. The van der Waals surface area contributed by atoms with E-state index in [0.717, 1.165) is 31.0 Å². The van der Waals surface area contributed by atoms with Crippen molar-refractivity contribution in [3.8, 4) is 5.75 Å². The second-order valence-electron chi connectivity index (χ2n) is 5.61. The Morgan fingerprint density at radius 2 is 2.00 bits per heavy atom. The molecule has 2 heterocycles. The summed E-state index contributed by atoms with van der Waals surface area (Å²) in [6.07, 6.45) is 1.48. The van der Waals surface area contributed by atoms with Gasteiger partial charge in [-0.15, -0.1) is 12.4 Å². The van der Waals surface area contributed by atoms with Crippen molar-refractivity contribution in [3.63, 3.8) is 0 Å². The first-order valence-electron chi connectivity index (χ1n) is 7.75. The maximum Gasteiger partial charge on any atom is 0.226 e. The number of ether oxygens (including phenoxy) is 3. The lowest BCUT2D eigenvalue weighted by atomic mass is 10.2. The molecule has 0 saturated carbocycles. The van der Waals surface area contributed by atoms with Crippen LogP contribution in [-0.2, 0) is 14.3 Å². The number of hydrogen-bond acceptors (Lipinski definition) is 5. The van der Waals surface area contributed by atoms with E-state index >= 15 is 0 Å². The quantitative estimate of drug-likeness (QED) is 0.850. The number of carbonyl (C=O) groups excluding carboxylic acids is 1. The van der Waals surface area contributed by atoms with E-state index in [-0.39, 0.29) is 30.5 Å². The van der Waals surface area contributed by atoms with Crippen LogP contribution in [0, 0.1) is 0 Å². The summed E-state index contributed by atoms with van der Waals surface area (Å²) in [7, 11) is 0. The molecular weight excluding hydrogens is 320 g/mol. The Labute approximate surface area is 142 Å².